The Labute approximate surface area is 165 Å². The Bertz CT molecular complexity index is 799. The van der Waals surface area contributed by atoms with Gasteiger partial charge in [0, 0.05) is 19.2 Å². The van der Waals surface area contributed by atoms with Crippen molar-refractivity contribution in [2.75, 3.05) is 13.7 Å². The highest BCUT2D eigenvalue weighted by molar-refractivity contribution is 7.80. The minimum Gasteiger partial charge on any atom is -0.497 e. The zero-order chi connectivity index (χ0) is 19.1. The lowest BCUT2D eigenvalue weighted by Crippen LogP contribution is -2.42. The molecule has 4 nitrogen and oxygen atoms in total. The van der Waals surface area contributed by atoms with Gasteiger partial charge in [0.1, 0.15) is 5.75 Å². The SMILES string of the molecule is COc1ccc(C=CC(=O)NC(=S)N(Cc2ccccc2)CC2CC2)cc1. The molecular weight excluding hydrogens is 356 g/mol. The second-order valence-electron chi connectivity index (χ2n) is 6.71. The van der Waals surface area contributed by atoms with E-state index in [1.165, 1.54) is 24.5 Å². The molecule has 0 aliphatic heterocycles. The van der Waals surface area contributed by atoms with E-state index in [2.05, 4.69) is 22.3 Å². The minimum atomic E-state index is -0.218. The molecule has 0 aromatic heterocycles. The summed E-state index contributed by atoms with van der Waals surface area (Å²) in [6.45, 7) is 1.59. The van der Waals surface area contributed by atoms with E-state index in [4.69, 9.17) is 17.0 Å². The van der Waals surface area contributed by atoms with Crippen LogP contribution in [0, 0.1) is 5.92 Å². The van der Waals surface area contributed by atoms with Crippen LogP contribution in [-0.2, 0) is 11.3 Å². The number of hydrogen-bond donors (Lipinski definition) is 1. The fraction of sp³-hybridized carbons (Fsp3) is 0.273. The Morgan fingerprint density at radius 2 is 1.89 bits per heavy atom. The van der Waals surface area contributed by atoms with Gasteiger partial charge < -0.3 is 9.64 Å². The Balaban J connectivity index is 1.58. The molecule has 2 aromatic rings. The number of methoxy groups -OCH3 is 1. The van der Waals surface area contributed by atoms with Crippen molar-refractivity contribution in [3.63, 3.8) is 0 Å². The van der Waals surface area contributed by atoms with Crippen LogP contribution in [0.25, 0.3) is 6.08 Å². The van der Waals surface area contributed by atoms with Crippen molar-refractivity contribution in [2.45, 2.75) is 19.4 Å². The average Bonchev–Trinajstić information content (AvgIpc) is 3.51. The highest BCUT2D eigenvalue weighted by Crippen LogP contribution is 2.30. The Morgan fingerprint density at radius 1 is 1.19 bits per heavy atom. The third-order valence-corrected chi connectivity index (χ3v) is 4.81. The minimum absolute atomic E-state index is 0.218. The quantitative estimate of drug-likeness (QED) is 0.582. The molecule has 0 unspecified atom stereocenters. The second kappa shape index (κ2) is 9.33. The molecular formula is C22H24N2O2S. The first kappa shape index (κ1) is 19.1. The van der Waals surface area contributed by atoms with Crippen LogP contribution in [0.3, 0.4) is 0 Å². The van der Waals surface area contributed by atoms with Gasteiger partial charge in [0.15, 0.2) is 5.11 Å². The first-order valence-electron chi connectivity index (χ1n) is 9.10. The van der Waals surface area contributed by atoms with E-state index in [0.717, 1.165) is 17.9 Å². The number of ether oxygens (including phenoxy) is 1. The first-order valence-corrected chi connectivity index (χ1v) is 9.51. The molecule has 1 amide bonds. The van der Waals surface area contributed by atoms with Gasteiger partial charge in [-0.3, -0.25) is 10.1 Å². The summed E-state index contributed by atoms with van der Waals surface area (Å²) in [5.41, 5.74) is 2.11. The van der Waals surface area contributed by atoms with E-state index in [1.807, 2.05) is 42.5 Å². The summed E-state index contributed by atoms with van der Waals surface area (Å²) in [6.07, 6.45) is 5.74. The molecule has 0 saturated heterocycles. The Kier molecular flexibility index (Phi) is 6.60. The number of carbonyl (C=O) groups excluding carboxylic acids is 1. The largest absolute Gasteiger partial charge is 0.497 e. The lowest BCUT2D eigenvalue weighted by Gasteiger charge is -2.25. The number of rotatable bonds is 7. The van der Waals surface area contributed by atoms with Crippen molar-refractivity contribution in [3.05, 3.63) is 71.8 Å². The zero-order valence-electron chi connectivity index (χ0n) is 15.4. The molecule has 0 bridgehead atoms. The molecule has 5 heteroatoms. The summed E-state index contributed by atoms with van der Waals surface area (Å²) in [5.74, 6) is 1.25. The standard InChI is InChI=1S/C22H24N2O2S/c1-26-20-12-9-17(10-13-20)11-14-21(25)23-22(27)24(16-19-7-8-19)15-18-5-3-2-4-6-18/h2-6,9-14,19H,7-8,15-16H2,1H3,(H,23,25,27). The lowest BCUT2D eigenvalue weighted by atomic mass is 10.2. The molecule has 1 fully saturated rings. The maximum atomic E-state index is 12.3. The predicted octanol–water partition coefficient (Wildman–Crippen LogP) is 4.02. The summed E-state index contributed by atoms with van der Waals surface area (Å²) in [5, 5.41) is 3.31. The van der Waals surface area contributed by atoms with Crippen molar-refractivity contribution < 1.29 is 9.53 Å². The van der Waals surface area contributed by atoms with Gasteiger partial charge in [-0.05, 0) is 60.3 Å². The normalized spacial score (nSPS) is 13.4. The monoisotopic (exact) mass is 380 g/mol. The van der Waals surface area contributed by atoms with Gasteiger partial charge in [0.05, 0.1) is 7.11 Å². The number of thiocarbonyl (C=S) groups is 1. The average molecular weight is 381 g/mol. The van der Waals surface area contributed by atoms with E-state index in [1.54, 1.807) is 13.2 Å². The Hall–Kier alpha value is -2.66. The molecule has 1 aliphatic carbocycles. The number of carbonyl (C=O) groups is 1. The van der Waals surface area contributed by atoms with Gasteiger partial charge in [-0.15, -0.1) is 0 Å². The number of amides is 1. The molecule has 1 saturated carbocycles. The fourth-order valence-electron chi connectivity index (χ4n) is 2.75. The molecule has 27 heavy (non-hydrogen) atoms. The van der Waals surface area contributed by atoms with Crippen molar-refractivity contribution >= 4 is 29.3 Å². The number of benzene rings is 2. The van der Waals surface area contributed by atoms with E-state index in [9.17, 15) is 4.79 Å². The third-order valence-electron chi connectivity index (χ3n) is 4.45. The summed E-state index contributed by atoms with van der Waals surface area (Å²) >= 11 is 5.50. The number of nitrogens with one attached hydrogen (secondary N) is 1. The molecule has 2 aromatic carbocycles. The van der Waals surface area contributed by atoms with Crippen LogP contribution >= 0.6 is 12.2 Å². The van der Waals surface area contributed by atoms with Gasteiger partial charge in [-0.1, -0.05) is 42.5 Å². The fourth-order valence-corrected chi connectivity index (χ4v) is 2.99. The zero-order valence-corrected chi connectivity index (χ0v) is 16.2. The smallest absolute Gasteiger partial charge is 0.250 e. The van der Waals surface area contributed by atoms with Gasteiger partial charge in [-0.25, -0.2) is 0 Å². The van der Waals surface area contributed by atoms with E-state index in [-0.39, 0.29) is 5.91 Å². The maximum absolute atomic E-state index is 12.3. The topological polar surface area (TPSA) is 41.6 Å². The van der Waals surface area contributed by atoms with Gasteiger partial charge in [0.25, 0.3) is 0 Å². The van der Waals surface area contributed by atoms with Crippen LogP contribution in [0.4, 0.5) is 0 Å². The molecule has 1 aliphatic rings. The molecule has 0 radical (unpaired) electrons. The van der Waals surface area contributed by atoms with Crippen LogP contribution in [0.1, 0.15) is 24.0 Å². The number of nitrogens with zero attached hydrogens (tertiary/aromatic N) is 1. The summed E-state index contributed by atoms with van der Waals surface area (Å²) in [7, 11) is 1.63. The molecule has 3 rings (SSSR count). The molecule has 0 heterocycles. The van der Waals surface area contributed by atoms with Crippen LogP contribution in [0.15, 0.2) is 60.7 Å². The van der Waals surface area contributed by atoms with Crippen molar-refractivity contribution in [1.82, 2.24) is 10.2 Å². The van der Waals surface area contributed by atoms with E-state index >= 15 is 0 Å². The van der Waals surface area contributed by atoms with Crippen LogP contribution < -0.4 is 10.1 Å². The Morgan fingerprint density at radius 3 is 2.52 bits per heavy atom. The van der Waals surface area contributed by atoms with Crippen LogP contribution in [0.5, 0.6) is 5.75 Å². The third kappa shape index (κ3) is 6.22. The highest BCUT2D eigenvalue weighted by Gasteiger charge is 2.25. The molecule has 0 spiro atoms. The second-order valence-corrected chi connectivity index (χ2v) is 7.10. The summed E-state index contributed by atoms with van der Waals surface area (Å²) in [4.78, 5) is 14.4. The van der Waals surface area contributed by atoms with Crippen molar-refractivity contribution in [3.8, 4) is 5.75 Å². The molecule has 1 N–H and O–H groups in total. The van der Waals surface area contributed by atoms with Crippen molar-refractivity contribution in [1.29, 1.82) is 0 Å². The van der Waals surface area contributed by atoms with Gasteiger partial charge >= 0.3 is 0 Å². The summed E-state index contributed by atoms with van der Waals surface area (Å²) in [6, 6.07) is 17.7. The number of hydrogen-bond acceptors (Lipinski definition) is 3. The van der Waals surface area contributed by atoms with Crippen LogP contribution in [-0.4, -0.2) is 29.6 Å². The van der Waals surface area contributed by atoms with Gasteiger partial charge in [-0.2, -0.15) is 0 Å². The first-order chi connectivity index (χ1) is 13.1. The maximum Gasteiger partial charge on any atom is 0.250 e. The molecule has 0 atom stereocenters. The van der Waals surface area contributed by atoms with E-state index < -0.39 is 0 Å². The molecule has 140 valence electrons. The summed E-state index contributed by atoms with van der Waals surface area (Å²) < 4.78 is 5.13. The highest BCUT2D eigenvalue weighted by atomic mass is 32.1. The van der Waals surface area contributed by atoms with Crippen molar-refractivity contribution in [2.24, 2.45) is 5.92 Å². The lowest BCUT2D eigenvalue weighted by molar-refractivity contribution is -0.115. The van der Waals surface area contributed by atoms with E-state index in [0.29, 0.717) is 17.6 Å². The predicted molar refractivity (Wildman–Crippen MR) is 112 cm³/mol. The van der Waals surface area contributed by atoms with Gasteiger partial charge in [0.2, 0.25) is 5.91 Å². The van der Waals surface area contributed by atoms with Crippen LogP contribution in [0.2, 0.25) is 0 Å².